The average molecular weight is 339 g/mol. The van der Waals surface area contributed by atoms with E-state index in [0.29, 0.717) is 0 Å². The van der Waals surface area contributed by atoms with E-state index in [1.54, 1.807) is 6.07 Å². The number of aromatic nitrogens is 2. The van der Waals surface area contributed by atoms with Crippen LogP contribution in [0.3, 0.4) is 0 Å². The highest BCUT2D eigenvalue weighted by atomic mass is 16.7. The highest BCUT2D eigenvalue weighted by Crippen LogP contribution is 2.34. The van der Waals surface area contributed by atoms with E-state index < -0.39 is 43.0 Å². The topological polar surface area (TPSA) is 172 Å². The summed E-state index contributed by atoms with van der Waals surface area (Å²) in [6.07, 6.45) is -5.57. The van der Waals surface area contributed by atoms with Crippen LogP contribution in [-0.4, -0.2) is 77.3 Å². The number of nitriles is 1. The van der Waals surface area contributed by atoms with E-state index in [2.05, 4.69) is 16.8 Å². The average Bonchev–Trinajstić information content (AvgIpc) is 3.14. The largest absolute Gasteiger partial charge is 0.394 e. The minimum Gasteiger partial charge on any atom is -0.394 e. The van der Waals surface area contributed by atoms with Crippen LogP contribution in [-0.2, 0) is 10.6 Å². The van der Waals surface area contributed by atoms with Crippen molar-refractivity contribution in [3.05, 3.63) is 18.2 Å². The summed E-state index contributed by atoms with van der Waals surface area (Å²) in [5.41, 5.74) is -0.0458. The van der Waals surface area contributed by atoms with Crippen molar-refractivity contribution in [2.45, 2.75) is 42.9 Å². The Morgan fingerprint density at radius 3 is 2.71 bits per heavy atom. The van der Waals surface area contributed by atoms with Crippen LogP contribution >= 0.6 is 0 Å². The van der Waals surface area contributed by atoms with Crippen molar-refractivity contribution >= 4 is 0 Å². The molecule has 0 spiro atoms. The predicted octanol–water partition coefficient (Wildman–Crippen LogP) is -3.41. The molecule has 10 heteroatoms. The van der Waals surface area contributed by atoms with Crippen molar-refractivity contribution in [3.8, 4) is 17.9 Å². The first-order valence-corrected chi connectivity index (χ1v) is 6.99. The SMILES string of the molecule is N#Cc1cn([C@]2(O)O[C@H](C(O)C#CCC(O)CO)[C@@H](O)[C@H]2O)cn1. The van der Waals surface area contributed by atoms with Crippen molar-refractivity contribution in [2.75, 3.05) is 6.61 Å². The molecule has 6 N–H and O–H groups in total. The molecule has 1 aliphatic rings. The van der Waals surface area contributed by atoms with Crippen molar-refractivity contribution < 1.29 is 35.4 Å². The molecule has 0 saturated carbocycles. The number of hydrogen-bond donors (Lipinski definition) is 6. The van der Waals surface area contributed by atoms with Gasteiger partial charge in [-0.15, -0.1) is 0 Å². The Hall–Kier alpha value is -2.02. The van der Waals surface area contributed by atoms with Gasteiger partial charge in [0.05, 0.1) is 12.7 Å². The second-order valence-electron chi connectivity index (χ2n) is 5.26. The Bertz CT molecular complexity index is 676. The molecule has 1 aromatic heterocycles. The number of hydrogen-bond acceptors (Lipinski definition) is 9. The first-order chi connectivity index (χ1) is 11.3. The zero-order valence-corrected chi connectivity index (χ0v) is 12.4. The van der Waals surface area contributed by atoms with Crippen LogP contribution in [0.2, 0.25) is 0 Å². The van der Waals surface area contributed by atoms with Crippen LogP contribution in [0.5, 0.6) is 0 Å². The Morgan fingerprint density at radius 2 is 2.12 bits per heavy atom. The quantitative estimate of drug-likeness (QED) is 0.305. The first-order valence-electron chi connectivity index (χ1n) is 6.99. The third-order valence-electron chi connectivity index (χ3n) is 3.53. The van der Waals surface area contributed by atoms with E-state index in [-0.39, 0.29) is 12.1 Å². The molecule has 130 valence electrons. The van der Waals surface area contributed by atoms with Crippen LogP contribution < -0.4 is 0 Å². The summed E-state index contributed by atoms with van der Waals surface area (Å²) in [6, 6.07) is 1.73. The molecular formula is C14H17N3O7. The zero-order valence-electron chi connectivity index (χ0n) is 12.4. The van der Waals surface area contributed by atoms with Gasteiger partial charge in [0.15, 0.2) is 11.8 Å². The fourth-order valence-corrected chi connectivity index (χ4v) is 2.19. The summed E-state index contributed by atoms with van der Waals surface area (Å²) in [7, 11) is 0. The van der Waals surface area contributed by atoms with Crippen molar-refractivity contribution in [2.24, 2.45) is 0 Å². The number of rotatable bonds is 4. The lowest BCUT2D eigenvalue weighted by molar-refractivity contribution is -0.291. The molecule has 24 heavy (non-hydrogen) atoms. The summed E-state index contributed by atoms with van der Waals surface area (Å²) in [5, 5.41) is 67.0. The van der Waals surface area contributed by atoms with Crippen LogP contribution in [0.1, 0.15) is 12.1 Å². The molecule has 2 unspecified atom stereocenters. The van der Waals surface area contributed by atoms with Gasteiger partial charge in [-0.05, 0) is 0 Å². The Kier molecular flexibility index (Phi) is 5.54. The fourth-order valence-electron chi connectivity index (χ4n) is 2.19. The number of aliphatic hydroxyl groups excluding tert-OH is 5. The van der Waals surface area contributed by atoms with Crippen molar-refractivity contribution in [1.82, 2.24) is 9.55 Å². The van der Waals surface area contributed by atoms with Gasteiger partial charge < -0.3 is 35.4 Å². The summed E-state index contributed by atoms with van der Waals surface area (Å²) < 4.78 is 6.07. The van der Waals surface area contributed by atoms with E-state index in [9.17, 15) is 20.4 Å². The molecule has 2 heterocycles. The van der Waals surface area contributed by atoms with E-state index in [1.165, 1.54) is 0 Å². The molecule has 1 fully saturated rings. The fraction of sp³-hybridized carbons (Fsp3) is 0.571. The Morgan fingerprint density at radius 1 is 1.42 bits per heavy atom. The van der Waals surface area contributed by atoms with Gasteiger partial charge in [-0.2, -0.15) is 5.26 Å². The maximum absolute atomic E-state index is 10.4. The molecule has 10 nitrogen and oxygen atoms in total. The number of ether oxygens (including phenoxy) is 1. The minimum atomic E-state index is -2.43. The molecule has 1 saturated heterocycles. The van der Waals surface area contributed by atoms with Gasteiger partial charge in [-0.3, -0.25) is 4.57 Å². The molecule has 1 aliphatic heterocycles. The van der Waals surface area contributed by atoms with Crippen LogP contribution in [0.25, 0.3) is 0 Å². The highest BCUT2D eigenvalue weighted by Gasteiger charge is 2.56. The maximum Gasteiger partial charge on any atom is 0.284 e. The van der Waals surface area contributed by atoms with Crippen LogP contribution in [0.4, 0.5) is 0 Å². The zero-order chi connectivity index (χ0) is 17.9. The molecule has 0 bridgehead atoms. The maximum atomic E-state index is 10.4. The predicted molar refractivity (Wildman–Crippen MR) is 75.5 cm³/mol. The second-order valence-corrected chi connectivity index (χ2v) is 5.26. The molecule has 0 radical (unpaired) electrons. The van der Waals surface area contributed by atoms with Gasteiger partial charge in [0, 0.05) is 12.6 Å². The van der Waals surface area contributed by atoms with Gasteiger partial charge in [-0.25, -0.2) is 4.98 Å². The van der Waals surface area contributed by atoms with Gasteiger partial charge in [0.25, 0.3) is 5.91 Å². The Labute approximate surface area is 136 Å². The third kappa shape index (κ3) is 3.40. The molecule has 2 rings (SSSR count). The lowest BCUT2D eigenvalue weighted by Crippen LogP contribution is -2.45. The Balaban J connectivity index is 2.15. The molecule has 0 amide bonds. The monoisotopic (exact) mass is 339 g/mol. The molecule has 0 aromatic carbocycles. The van der Waals surface area contributed by atoms with Gasteiger partial charge >= 0.3 is 0 Å². The van der Waals surface area contributed by atoms with E-state index in [4.69, 9.17) is 20.2 Å². The third-order valence-corrected chi connectivity index (χ3v) is 3.53. The van der Waals surface area contributed by atoms with Crippen molar-refractivity contribution in [3.63, 3.8) is 0 Å². The molecule has 1 aromatic rings. The van der Waals surface area contributed by atoms with E-state index in [1.807, 2.05) is 0 Å². The smallest absolute Gasteiger partial charge is 0.284 e. The molecular weight excluding hydrogens is 322 g/mol. The lowest BCUT2D eigenvalue weighted by Gasteiger charge is -2.26. The summed E-state index contributed by atoms with van der Waals surface area (Å²) >= 11 is 0. The number of aliphatic hydroxyl groups is 6. The van der Waals surface area contributed by atoms with Crippen LogP contribution in [0.15, 0.2) is 12.5 Å². The normalized spacial score (nSPS) is 31.8. The standard InChI is InChI=1S/C14H17N3O7/c15-4-8-5-17(7-16-8)14(23)13(22)11(21)12(24-14)10(20)3-1-2-9(19)6-18/h5,7,9-13,18-23H,2,6H2/t9?,10?,11-,12-,13-,14-/m1/s1. The summed E-state index contributed by atoms with van der Waals surface area (Å²) in [6.45, 7) is -0.492. The number of imidazole rings is 1. The molecule has 6 atom stereocenters. The highest BCUT2D eigenvalue weighted by molar-refractivity contribution is 5.17. The van der Waals surface area contributed by atoms with E-state index >= 15 is 0 Å². The van der Waals surface area contributed by atoms with Gasteiger partial charge in [0.1, 0.15) is 30.7 Å². The lowest BCUT2D eigenvalue weighted by atomic mass is 10.0. The van der Waals surface area contributed by atoms with Crippen molar-refractivity contribution in [1.29, 1.82) is 5.26 Å². The van der Waals surface area contributed by atoms with Crippen LogP contribution in [0, 0.1) is 23.2 Å². The summed E-state index contributed by atoms with van der Waals surface area (Å²) in [4.78, 5) is 3.66. The summed E-state index contributed by atoms with van der Waals surface area (Å²) in [5.74, 6) is 2.27. The minimum absolute atomic E-state index is 0.0458. The number of nitrogens with zero attached hydrogens (tertiary/aromatic N) is 3. The molecule has 0 aliphatic carbocycles. The van der Waals surface area contributed by atoms with Gasteiger partial charge in [0.2, 0.25) is 0 Å². The van der Waals surface area contributed by atoms with E-state index in [0.717, 1.165) is 17.1 Å². The first kappa shape index (κ1) is 18.3. The second kappa shape index (κ2) is 7.25. The van der Waals surface area contributed by atoms with Gasteiger partial charge in [-0.1, -0.05) is 11.8 Å².